The molecule has 0 spiro atoms. The zero-order chi connectivity index (χ0) is 22.8. The van der Waals surface area contributed by atoms with Gasteiger partial charge in [-0.2, -0.15) is 0 Å². The van der Waals surface area contributed by atoms with E-state index in [-0.39, 0.29) is 6.10 Å². The van der Waals surface area contributed by atoms with Gasteiger partial charge in [0.25, 0.3) is 0 Å². The predicted octanol–water partition coefficient (Wildman–Crippen LogP) is 2.40. The highest BCUT2D eigenvalue weighted by Gasteiger charge is 2.33. The normalized spacial score (nSPS) is 20.0. The van der Waals surface area contributed by atoms with Gasteiger partial charge in [0.2, 0.25) is 0 Å². The van der Waals surface area contributed by atoms with Crippen LogP contribution in [-0.4, -0.2) is 58.5 Å². The zero-order valence-electron chi connectivity index (χ0n) is 17.7. The average molecular weight is 452 g/mol. The molecule has 4 heterocycles. The van der Waals surface area contributed by atoms with Crippen LogP contribution in [-0.2, 0) is 20.9 Å². The summed E-state index contributed by atoms with van der Waals surface area (Å²) in [7, 11) is 1.60. The van der Waals surface area contributed by atoms with E-state index in [1.165, 1.54) is 11.0 Å². The molecule has 0 bridgehead atoms. The van der Waals surface area contributed by atoms with Crippen LogP contribution in [0.3, 0.4) is 0 Å². The van der Waals surface area contributed by atoms with Gasteiger partial charge in [-0.05, 0) is 30.3 Å². The van der Waals surface area contributed by atoms with E-state index in [0.717, 1.165) is 5.70 Å². The highest BCUT2D eigenvalue weighted by atomic mass is 19.1. The number of nitrogens with one attached hydrogen (secondary N) is 1. The average Bonchev–Trinajstić information content (AvgIpc) is 3.57. The summed E-state index contributed by atoms with van der Waals surface area (Å²) in [6, 6.07) is 8.21. The van der Waals surface area contributed by atoms with Crippen LogP contribution in [0.5, 0.6) is 0 Å². The lowest BCUT2D eigenvalue weighted by molar-refractivity contribution is 0.00369. The van der Waals surface area contributed by atoms with E-state index in [1.54, 1.807) is 54.6 Å². The molecule has 2 aliphatic heterocycles. The van der Waals surface area contributed by atoms with Crippen molar-refractivity contribution in [3.63, 3.8) is 0 Å². The number of carbonyl (C=O) groups excluding carboxylic acids is 1. The molecule has 2 aromatic heterocycles. The standard InChI is InChI=1S/C22H21FN6O4/c1-31-13-16-9-21(26-33-16)20-5-2-14(10-24-20)18-4-3-15(8-19(18)23)29-12-17(32-22(29)30)11-28-7-6-25-27-28/h2-10,16-17,26H,11-13H2,1H3/t16-,17-/m0/s1. The third-order valence-corrected chi connectivity index (χ3v) is 5.36. The molecule has 3 aromatic rings. The number of rotatable bonds is 7. The second kappa shape index (κ2) is 8.96. The van der Waals surface area contributed by atoms with Crippen LogP contribution >= 0.6 is 0 Å². The van der Waals surface area contributed by atoms with Gasteiger partial charge in [-0.1, -0.05) is 11.3 Å². The van der Waals surface area contributed by atoms with Crippen molar-refractivity contribution in [2.45, 2.75) is 18.8 Å². The first kappa shape index (κ1) is 21.0. The van der Waals surface area contributed by atoms with E-state index in [4.69, 9.17) is 14.3 Å². The zero-order valence-corrected chi connectivity index (χ0v) is 17.7. The van der Waals surface area contributed by atoms with Crippen LogP contribution in [0.25, 0.3) is 16.8 Å². The van der Waals surface area contributed by atoms with Crippen LogP contribution < -0.4 is 10.4 Å². The summed E-state index contributed by atoms with van der Waals surface area (Å²) in [5.41, 5.74) is 5.65. The van der Waals surface area contributed by atoms with Crippen molar-refractivity contribution >= 4 is 17.5 Å². The summed E-state index contributed by atoms with van der Waals surface area (Å²) in [6.45, 7) is 1.10. The van der Waals surface area contributed by atoms with E-state index in [0.29, 0.717) is 42.2 Å². The maximum atomic E-state index is 15.0. The Labute approximate surface area is 188 Å². The van der Waals surface area contributed by atoms with Gasteiger partial charge >= 0.3 is 6.09 Å². The lowest BCUT2D eigenvalue weighted by atomic mass is 10.1. The van der Waals surface area contributed by atoms with Crippen molar-refractivity contribution in [1.82, 2.24) is 25.5 Å². The van der Waals surface area contributed by atoms with Crippen LogP contribution in [0, 0.1) is 5.82 Å². The number of methoxy groups -OCH3 is 1. The third-order valence-electron chi connectivity index (χ3n) is 5.36. The molecule has 1 fully saturated rings. The third kappa shape index (κ3) is 4.41. The number of hydrogen-bond acceptors (Lipinski definition) is 8. The first-order valence-electron chi connectivity index (χ1n) is 10.3. The molecule has 0 aliphatic carbocycles. The second-order valence-corrected chi connectivity index (χ2v) is 7.63. The number of hydroxylamine groups is 1. The number of hydrogen-bond donors (Lipinski definition) is 1. The Hall–Kier alpha value is -3.83. The summed E-state index contributed by atoms with van der Waals surface area (Å²) in [6.07, 6.45) is 5.61. The quantitative estimate of drug-likeness (QED) is 0.583. The molecule has 0 unspecified atom stereocenters. The topological polar surface area (TPSA) is 104 Å². The molecule has 1 saturated heterocycles. The Morgan fingerprint density at radius 3 is 2.94 bits per heavy atom. The molecule has 1 aromatic carbocycles. The highest BCUT2D eigenvalue weighted by Crippen LogP contribution is 2.29. The monoisotopic (exact) mass is 452 g/mol. The van der Waals surface area contributed by atoms with Crippen LogP contribution in [0.1, 0.15) is 5.69 Å². The molecule has 10 nitrogen and oxygen atoms in total. The maximum absolute atomic E-state index is 15.0. The highest BCUT2D eigenvalue weighted by molar-refractivity contribution is 5.90. The molecule has 11 heteroatoms. The minimum Gasteiger partial charge on any atom is -0.442 e. The number of halogens is 1. The number of carbonyl (C=O) groups is 1. The fourth-order valence-corrected chi connectivity index (χ4v) is 3.76. The Morgan fingerprint density at radius 2 is 2.21 bits per heavy atom. The molecule has 5 rings (SSSR count). The van der Waals surface area contributed by atoms with Crippen molar-refractivity contribution in [1.29, 1.82) is 0 Å². The maximum Gasteiger partial charge on any atom is 0.414 e. The summed E-state index contributed by atoms with van der Waals surface area (Å²) in [5.74, 6) is -0.462. The van der Waals surface area contributed by atoms with E-state index >= 15 is 0 Å². The first-order valence-corrected chi connectivity index (χ1v) is 10.3. The van der Waals surface area contributed by atoms with Crippen molar-refractivity contribution in [3.8, 4) is 11.1 Å². The van der Waals surface area contributed by atoms with Gasteiger partial charge in [0.05, 0.1) is 43.0 Å². The smallest absolute Gasteiger partial charge is 0.414 e. The molecular formula is C22H21FN6O4. The lowest BCUT2D eigenvalue weighted by Gasteiger charge is -2.14. The summed E-state index contributed by atoms with van der Waals surface area (Å²) < 4.78 is 27.0. The van der Waals surface area contributed by atoms with Gasteiger partial charge in [0.1, 0.15) is 18.0 Å². The van der Waals surface area contributed by atoms with Gasteiger partial charge in [-0.3, -0.25) is 20.2 Å². The second-order valence-electron chi connectivity index (χ2n) is 7.63. The molecule has 2 aliphatic rings. The van der Waals surface area contributed by atoms with Crippen LogP contribution in [0.4, 0.5) is 14.9 Å². The SMILES string of the molecule is COC[C@@H]1C=C(c2ccc(-c3ccc(N4C[C@H](Cn5ccnn5)OC4=O)cc3F)cn2)NO1. The lowest BCUT2D eigenvalue weighted by Crippen LogP contribution is -2.26. The van der Waals surface area contributed by atoms with Gasteiger partial charge in [0, 0.05) is 30.6 Å². The molecule has 0 radical (unpaired) electrons. The number of nitrogens with zero attached hydrogens (tertiary/aromatic N) is 5. The molecule has 33 heavy (non-hydrogen) atoms. The molecule has 1 amide bonds. The number of cyclic esters (lactones) is 1. The number of amides is 1. The minimum atomic E-state index is -0.524. The van der Waals surface area contributed by atoms with Crippen molar-refractivity contribution in [2.75, 3.05) is 25.2 Å². The van der Waals surface area contributed by atoms with E-state index in [1.807, 2.05) is 6.08 Å². The van der Waals surface area contributed by atoms with Crippen molar-refractivity contribution in [3.05, 3.63) is 66.5 Å². The molecular weight excluding hydrogens is 431 g/mol. The number of anilines is 1. The predicted molar refractivity (Wildman–Crippen MR) is 115 cm³/mol. The van der Waals surface area contributed by atoms with Crippen LogP contribution in [0.2, 0.25) is 0 Å². The van der Waals surface area contributed by atoms with E-state index in [2.05, 4.69) is 20.8 Å². The Kier molecular flexibility index (Phi) is 5.71. The number of ether oxygens (including phenoxy) is 2. The van der Waals surface area contributed by atoms with Crippen LogP contribution in [0.15, 0.2) is 55.0 Å². The molecule has 1 N–H and O–H groups in total. The Morgan fingerprint density at radius 1 is 1.30 bits per heavy atom. The fourth-order valence-electron chi connectivity index (χ4n) is 3.76. The Bertz CT molecular complexity index is 1170. The number of aromatic nitrogens is 4. The minimum absolute atomic E-state index is 0.190. The summed E-state index contributed by atoms with van der Waals surface area (Å²) in [5, 5.41) is 7.61. The molecule has 2 atom stereocenters. The van der Waals surface area contributed by atoms with E-state index < -0.39 is 18.0 Å². The van der Waals surface area contributed by atoms with Gasteiger partial charge < -0.3 is 9.47 Å². The fraction of sp³-hybridized carbons (Fsp3) is 0.273. The number of benzene rings is 1. The largest absolute Gasteiger partial charge is 0.442 e. The summed E-state index contributed by atoms with van der Waals surface area (Å²) >= 11 is 0. The Balaban J connectivity index is 1.29. The summed E-state index contributed by atoms with van der Waals surface area (Å²) in [4.78, 5) is 23.5. The molecule has 0 saturated carbocycles. The van der Waals surface area contributed by atoms with Gasteiger partial charge in [-0.15, -0.1) is 5.10 Å². The van der Waals surface area contributed by atoms with Gasteiger partial charge in [-0.25, -0.2) is 13.9 Å². The van der Waals surface area contributed by atoms with Gasteiger partial charge in [0.15, 0.2) is 0 Å². The number of pyridine rings is 1. The first-order chi connectivity index (χ1) is 16.1. The molecule has 170 valence electrons. The van der Waals surface area contributed by atoms with Crippen molar-refractivity contribution in [2.24, 2.45) is 0 Å². The van der Waals surface area contributed by atoms with Crippen molar-refractivity contribution < 1.29 is 23.5 Å². The van der Waals surface area contributed by atoms with E-state index in [9.17, 15) is 9.18 Å².